The standard InChI is InChI=1S/C12H15BrO3/c1-3-15-12(14)9(2)16-8-10-4-6-11(13)7-5-10/h4-7,9H,3,8H2,1-2H3. The van der Waals surface area contributed by atoms with Crippen molar-refractivity contribution in [3.63, 3.8) is 0 Å². The van der Waals surface area contributed by atoms with Gasteiger partial charge in [-0.05, 0) is 31.5 Å². The van der Waals surface area contributed by atoms with E-state index in [0.29, 0.717) is 13.2 Å². The van der Waals surface area contributed by atoms with Crippen LogP contribution in [0.25, 0.3) is 0 Å². The van der Waals surface area contributed by atoms with Crippen LogP contribution in [0.1, 0.15) is 19.4 Å². The van der Waals surface area contributed by atoms with E-state index in [1.54, 1.807) is 13.8 Å². The monoisotopic (exact) mass is 286 g/mol. The first-order valence-corrected chi connectivity index (χ1v) is 5.95. The van der Waals surface area contributed by atoms with Crippen LogP contribution in [0.3, 0.4) is 0 Å². The highest BCUT2D eigenvalue weighted by molar-refractivity contribution is 9.10. The summed E-state index contributed by atoms with van der Waals surface area (Å²) in [6.07, 6.45) is -0.524. The Kier molecular flexibility index (Phi) is 5.49. The molecule has 0 fully saturated rings. The van der Waals surface area contributed by atoms with Gasteiger partial charge in [-0.15, -0.1) is 0 Å². The first-order chi connectivity index (χ1) is 7.63. The van der Waals surface area contributed by atoms with Crippen LogP contribution in [0.5, 0.6) is 0 Å². The van der Waals surface area contributed by atoms with Crippen LogP contribution in [-0.4, -0.2) is 18.7 Å². The van der Waals surface area contributed by atoms with E-state index < -0.39 is 6.10 Å². The van der Waals surface area contributed by atoms with E-state index in [1.165, 1.54) is 0 Å². The van der Waals surface area contributed by atoms with Crippen molar-refractivity contribution in [3.8, 4) is 0 Å². The fourth-order valence-electron chi connectivity index (χ4n) is 1.13. The maximum Gasteiger partial charge on any atom is 0.334 e. The molecule has 1 atom stereocenters. The lowest BCUT2D eigenvalue weighted by atomic mass is 10.2. The van der Waals surface area contributed by atoms with Crippen LogP contribution < -0.4 is 0 Å². The van der Waals surface area contributed by atoms with E-state index in [4.69, 9.17) is 9.47 Å². The number of benzene rings is 1. The molecule has 0 saturated heterocycles. The van der Waals surface area contributed by atoms with Gasteiger partial charge in [-0.3, -0.25) is 0 Å². The Labute approximate surface area is 104 Å². The average molecular weight is 287 g/mol. The van der Waals surface area contributed by atoms with Crippen LogP contribution >= 0.6 is 15.9 Å². The third kappa shape index (κ3) is 4.33. The predicted molar refractivity (Wildman–Crippen MR) is 65.0 cm³/mol. The minimum absolute atomic E-state index is 0.320. The largest absolute Gasteiger partial charge is 0.464 e. The molecule has 16 heavy (non-hydrogen) atoms. The zero-order valence-electron chi connectivity index (χ0n) is 9.40. The van der Waals surface area contributed by atoms with Crippen molar-refractivity contribution in [2.24, 2.45) is 0 Å². The molecule has 0 spiro atoms. The average Bonchev–Trinajstić information content (AvgIpc) is 2.28. The van der Waals surface area contributed by atoms with Crippen molar-refractivity contribution in [1.29, 1.82) is 0 Å². The van der Waals surface area contributed by atoms with Gasteiger partial charge >= 0.3 is 5.97 Å². The van der Waals surface area contributed by atoms with Crippen molar-refractivity contribution in [3.05, 3.63) is 34.3 Å². The smallest absolute Gasteiger partial charge is 0.334 e. The summed E-state index contributed by atoms with van der Waals surface area (Å²) in [6, 6.07) is 7.77. The molecule has 0 aliphatic heterocycles. The molecule has 1 aromatic rings. The molecule has 0 aliphatic rings. The molecule has 0 aliphatic carbocycles. The Morgan fingerprint density at radius 2 is 2.00 bits per heavy atom. The number of ether oxygens (including phenoxy) is 2. The number of hydrogen-bond acceptors (Lipinski definition) is 3. The molecule has 1 unspecified atom stereocenters. The zero-order chi connectivity index (χ0) is 12.0. The van der Waals surface area contributed by atoms with E-state index in [9.17, 15) is 4.79 Å². The van der Waals surface area contributed by atoms with Gasteiger partial charge in [-0.1, -0.05) is 28.1 Å². The summed E-state index contributed by atoms with van der Waals surface area (Å²) in [5, 5.41) is 0. The lowest BCUT2D eigenvalue weighted by Gasteiger charge is -2.11. The molecule has 0 heterocycles. The maximum absolute atomic E-state index is 11.3. The minimum atomic E-state index is -0.524. The molecule has 0 radical (unpaired) electrons. The third-order valence-electron chi connectivity index (χ3n) is 2.03. The van der Waals surface area contributed by atoms with Crippen LogP contribution in [0.15, 0.2) is 28.7 Å². The zero-order valence-corrected chi connectivity index (χ0v) is 11.0. The van der Waals surface area contributed by atoms with Gasteiger partial charge in [-0.25, -0.2) is 4.79 Å². The fourth-order valence-corrected chi connectivity index (χ4v) is 1.39. The lowest BCUT2D eigenvalue weighted by Crippen LogP contribution is -2.23. The number of rotatable bonds is 5. The van der Waals surface area contributed by atoms with Crippen molar-refractivity contribution >= 4 is 21.9 Å². The Hall–Kier alpha value is -0.870. The summed E-state index contributed by atoms with van der Waals surface area (Å²) < 4.78 is 11.3. The van der Waals surface area contributed by atoms with Crippen molar-refractivity contribution in [1.82, 2.24) is 0 Å². The molecular formula is C12H15BrO3. The second-order valence-corrected chi connectivity index (χ2v) is 4.25. The Bertz CT molecular complexity index is 335. The maximum atomic E-state index is 11.3. The highest BCUT2D eigenvalue weighted by atomic mass is 79.9. The number of carbonyl (C=O) groups excluding carboxylic acids is 1. The van der Waals surface area contributed by atoms with Crippen LogP contribution in [0, 0.1) is 0 Å². The predicted octanol–water partition coefficient (Wildman–Crippen LogP) is 2.92. The molecule has 4 heteroatoms. The number of hydrogen-bond donors (Lipinski definition) is 0. The van der Waals surface area contributed by atoms with E-state index in [1.807, 2.05) is 24.3 Å². The minimum Gasteiger partial charge on any atom is -0.464 e. The molecule has 0 bridgehead atoms. The quantitative estimate of drug-likeness (QED) is 0.781. The molecular weight excluding hydrogens is 272 g/mol. The van der Waals surface area contributed by atoms with Gasteiger partial charge in [0, 0.05) is 4.47 Å². The highest BCUT2D eigenvalue weighted by Crippen LogP contribution is 2.12. The van der Waals surface area contributed by atoms with Crippen LogP contribution in [0.2, 0.25) is 0 Å². The summed E-state index contributed by atoms with van der Waals surface area (Å²) in [5.74, 6) is -0.320. The van der Waals surface area contributed by atoms with Gasteiger partial charge in [0.25, 0.3) is 0 Å². The molecule has 0 N–H and O–H groups in total. The van der Waals surface area contributed by atoms with E-state index >= 15 is 0 Å². The number of halogens is 1. The van der Waals surface area contributed by atoms with Crippen LogP contribution in [0.4, 0.5) is 0 Å². The van der Waals surface area contributed by atoms with E-state index in [-0.39, 0.29) is 5.97 Å². The third-order valence-corrected chi connectivity index (χ3v) is 2.56. The highest BCUT2D eigenvalue weighted by Gasteiger charge is 2.13. The Morgan fingerprint density at radius 1 is 1.38 bits per heavy atom. The van der Waals surface area contributed by atoms with Gasteiger partial charge in [-0.2, -0.15) is 0 Å². The SMILES string of the molecule is CCOC(=O)C(C)OCc1ccc(Br)cc1. The van der Waals surface area contributed by atoms with Crippen molar-refractivity contribution in [2.45, 2.75) is 26.6 Å². The Morgan fingerprint density at radius 3 is 2.56 bits per heavy atom. The summed E-state index contributed by atoms with van der Waals surface area (Å²) >= 11 is 3.35. The lowest BCUT2D eigenvalue weighted by molar-refractivity contribution is -0.156. The second-order valence-electron chi connectivity index (χ2n) is 3.33. The second kappa shape index (κ2) is 6.66. The molecule has 1 rings (SSSR count). The number of carbonyl (C=O) groups is 1. The summed E-state index contributed by atoms with van der Waals surface area (Å²) in [4.78, 5) is 11.3. The molecule has 0 saturated carbocycles. The number of esters is 1. The summed E-state index contributed by atoms with van der Waals surface area (Å²) in [7, 11) is 0. The molecule has 1 aromatic carbocycles. The van der Waals surface area contributed by atoms with Crippen molar-refractivity contribution < 1.29 is 14.3 Å². The van der Waals surface area contributed by atoms with E-state index in [2.05, 4.69) is 15.9 Å². The summed E-state index contributed by atoms with van der Waals surface area (Å²) in [6.45, 7) is 4.26. The van der Waals surface area contributed by atoms with Gasteiger partial charge < -0.3 is 9.47 Å². The van der Waals surface area contributed by atoms with Gasteiger partial charge in [0.2, 0.25) is 0 Å². The molecule has 88 valence electrons. The van der Waals surface area contributed by atoms with Gasteiger partial charge in [0.05, 0.1) is 13.2 Å². The topological polar surface area (TPSA) is 35.5 Å². The first kappa shape index (κ1) is 13.2. The van der Waals surface area contributed by atoms with Gasteiger partial charge in [0.15, 0.2) is 6.10 Å². The molecule has 0 aromatic heterocycles. The van der Waals surface area contributed by atoms with Gasteiger partial charge in [0.1, 0.15) is 0 Å². The fraction of sp³-hybridized carbons (Fsp3) is 0.417. The van der Waals surface area contributed by atoms with E-state index in [0.717, 1.165) is 10.0 Å². The molecule has 0 amide bonds. The molecule has 3 nitrogen and oxygen atoms in total. The summed E-state index contributed by atoms with van der Waals surface area (Å²) in [5.41, 5.74) is 1.03. The normalized spacial score (nSPS) is 12.2. The Balaban J connectivity index is 2.39. The first-order valence-electron chi connectivity index (χ1n) is 5.16. The van der Waals surface area contributed by atoms with Crippen molar-refractivity contribution in [2.75, 3.05) is 6.61 Å². The van der Waals surface area contributed by atoms with Crippen LogP contribution in [-0.2, 0) is 20.9 Å².